The van der Waals surface area contributed by atoms with Gasteiger partial charge in [0, 0.05) is 19.1 Å². The third-order valence-electron chi connectivity index (χ3n) is 4.62. The summed E-state index contributed by atoms with van der Waals surface area (Å²) in [6, 6.07) is 3.14. The maximum absolute atomic E-state index is 5.91. The molecule has 0 bridgehead atoms. The Morgan fingerprint density at radius 3 is 2.72 bits per heavy atom. The van der Waals surface area contributed by atoms with Crippen LogP contribution < -0.4 is 5.73 Å². The van der Waals surface area contributed by atoms with Crippen molar-refractivity contribution in [1.82, 2.24) is 4.90 Å². The number of thiophene rings is 1. The number of rotatable bonds is 6. The molecule has 0 saturated heterocycles. The van der Waals surface area contributed by atoms with E-state index < -0.39 is 0 Å². The summed E-state index contributed by atoms with van der Waals surface area (Å²) in [6.45, 7) is 3.33. The van der Waals surface area contributed by atoms with Crippen LogP contribution in [0.5, 0.6) is 0 Å². The first-order valence-corrected chi connectivity index (χ1v) is 8.26. The van der Waals surface area contributed by atoms with Crippen molar-refractivity contribution in [2.45, 2.75) is 44.7 Å². The van der Waals surface area contributed by atoms with E-state index in [0.29, 0.717) is 0 Å². The normalized spacial score (nSPS) is 28.1. The molecular formula is C15H24N2S. The van der Waals surface area contributed by atoms with Gasteiger partial charge in [-0.2, -0.15) is 11.3 Å². The van der Waals surface area contributed by atoms with Gasteiger partial charge in [0.25, 0.3) is 0 Å². The summed E-state index contributed by atoms with van der Waals surface area (Å²) < 4.78 is 0. The summed E-state index contributed by atoms with van der Waals surface area (Å²) >= 11 is 1.81. The van der Waals surface area contributed by atoms with E-state index in [-0.39, 0.29) is 0 Å². The zero-order chi connectivity index (χ0) is 12.4. The van der Waals surface area contributed by atoms with Crippen molar-refractivity contribution in [3.05, 3.63) is 22.4 Å². The standard InChI is InChI=1S/C15H24N2S/c16-8-13-2-1-3-14(13)10-17(15-4-5-15)9-12-6-7-18-11-12/h6-7,11,13-15H,1-5,8-10,16H2. The fourth-order valence-corrected chi connectivity index (χ4v) is 4.02. The Bertz CT molecular complexity index is 359. The molecule has 3 rings (SSSR count). The molecule has 2 aliphatic carbocycles. The molecule has 2 saturated carbocycles. The third-order valence-corrected chi connectivity index (χ3v) is 5.35. The number of nitrogens with two attached hydrogens (primary N) is 1. The van der Waals surface area contributed by atoms with Crippen LogP contribution >= 0.6 is 11.3 Å². The molecule has 1 aromatic rings. The van der Waals surface area contributed by atoms with Gasteiger partial charge in [0.2, 0.25) is 0 Å². The van der Waals surface area contributed by atoms with Crippen LogP contribution in [0.25, 0.3) is 0 Å². The van der Waals surface area contributed by atoms with Crippen LogP contribution in [-0.4, -0.2) is 24.0 Å². The monoisotopic (exact) mass is 264 g/mol. The highest BCUT2D eigenvalue weighted by Crippen LogP contribution is 2.35. The molecule has 2 fully saturated rings. The fourth-order valence-electron chi connectivity index (χ4n) is 3.37. The molecule has 0 radical (unpaired) electrons. The summed E-state index contributed by atoms with van der Waals surface area (Å²) in [5.74, 6) is 1.64. The molecule has 100 valence electrons. The van der Waals surface area contributed by atoms with Crippen LogP contribution in [0.4, 0.5) is 0 Å². The molecule has 2 unspecified atom stereocenters. The van der Waals surface area contributed by atoms with Crippen molar-refractivity contribution in [2.24, 2.45) is 17.6 Å². The molecule has 2 nitrogen and oxygen atoms in total. The molecule has 0 spiro atoms. The Hall–Kier alpha value is -0.380. The second kappa shape index (κ2) is 5.72. The molecule has 3 heteroatoms. The van der Waals surface area contributed by atoms with Gasteiger partial charge in [-0.25, -0.2) is 0 Å². The molecule has 0 amide bonds. The number of hydrogen-bond acceptors (Lipinski definition) is 3. The quantitative estimate of drug-likeness (QED) is 0.855. The van der Waals surface area contributed by atoms with E-state index in [1.807, 2.05) is 11.3 Å². The van der Waals surface area contributed by atoms with E-state index in [1.54, 1.807) is 0 Å². The Morgan fingerprint density at radius 1 is 1.22 bits per heavy atom. The van der Waals surface area contributed by atoms with E-state index >= 15 is 0 Å². The highest BCUT2D eigenvalue weighted by atomic mass is 32.1. The Morgan fingerprint density at radius 2 is 2.06 bits per heavy atom. The molecule has 2 N–H and O–H groups in total. The minimum absolute atomic E-state index is 0.786. The van der Waals surface area contributed by atoms with E-state index in [0.717, 1.165) is 31.0 Å². The summed E-state index contributed by atoms with van der Waals surface area (Å²) in [5.41, 5.74) is 7.41. The molecule has 1 heterocycles. The van der Waals surface area contributed by atoms with Gasteiger partial charge in [-0.3, -0.25) is 4.90 Å². The van der Waals surface area contributed by atoms with Crippen molar-refractivity contribution in [3.63, 3.8) is 0 Å². The van der Waals surface area contributed by atoms with E-state index in [1.165, 1.54) is 44.2 Å². The average Bonchev–Trinajstić information content (AvgIpc) is 2.92. The lowest BCUT2D eigenvalue weighted by Crippen LogP contribution is -2.34. The maximum atomic E-state index is 5.91. The summed E-state index contributed by atoms with van der Waals surface area (Å²) in [5, 5.41) is 4.49. The van der Waals surface area contributed by atoms with Gasteiger partial charge in [-0.1, -0.05) is 6.42 Å². The second-order valence-corrected chi connectivity index (χ2v) is 6.76. The van der Waals surface area contributed by atoms with Gasteiger partial charge in [-0.05, 0) is 66.5 Å². The van der Waals surface area contributed by atoms with Crippen LogP contribution in [0.15, 0.2) is 16.8 Å². The molecule has 2 atom stereocenters. The van der Waals surface area contributed by atoms with Gasteiger partial charge in [0.15, 0.2) is 0 Å². The molecule has 0 aromatic carbocycles. The average molecular weight is 264 g/mol. The van der Waals surface area contributed by atoms with Crippen molar-refractivity contribution in [3.8, 4) is 0 Å². The predicted molar refractivity (Wildman–Crippen MR) is 77.6 cm³/mol. The molecule has 0 aliphatic heterocycles. The highest BCUT2D eigenvalue weighted by Gasteiger charge is 2.34. The van der Waals surface area contributed by atoms with Crippen LogP contribution in [-0.2, 0) is 6.54 Å². The topological polar surface area (TPSA) is 29.3 Å². The van der Waals surface area contributed by atoms with Gasteiger partial charge >= 0.3 is 0 Å². The van der Waals surface area contributed by atoms with Crippen LogP contribution in [0.2, 0.25) is 0 Å². The van der Waals surface area contributed by atoms with Crippen molar-refractivity contribution in [2.75, 3.05) is 13.1 Å². The fraction of sp³-hybridized carbons (Fsp3) is 0.733. The summed E-state index contributed by atoms with van der Waals surface area (Å²) in [4.78, 5) is 2.72. The lowest BCUT2D eigenvalue weighted by Gasteiger charge is -2.28. The lowest BCUT2D eigenvalue weighted by molar-refractivity contribution is 0.191. The van der Waals surface area contributed by atoms with Crippen molar-refractivity contribution >= 4 is 11.3 Å². The Balaban J connectivity index is 1.60. The zero-order valence-corrected chi connectivity index (χ0v) is 11.9. The Kier molecular flexibility index (Phi) is 4.02. The van der Waals surface area contributed by atoms with Gasteiger partial charge in [0.05, 0.1) is 0 Å². The van der Waals surface area contributed by atoms with Crippen molar-refractivity contribution < 1.29 is 0 Å². The third kappa shape index (κ3) is 2.95. The first-order chi connectivity index (χ1) is 8.86. The van der Waals surface area contributed by atoms with Gasteiger partial charge in [-0.15, -0.1) is 0 Å². The molecule has 2 aliphatic rings. The lowest BCUT2D eigenvalue weighted by atomic mass is 9.95. The molecule has 1 aromatic heterocycles. The number of nitrogens with zero attached hydrogens (tertiary/aromatic N) is 1. The number of hydrogen-bond donors (Lipinski definition) is 1. The van der Waals surface area contributed by atoms with Gasteiger partial charge < -0.3 is 5.73 Å². The van der Waals surface area contributed by atoms with Crippen LogP contribution in [0.1, 0.15) is 37.7 Å². The minimum Gasteiger partial charge on any atom is -0.330 e. The minimum atomic E-state index is 0.786. The molecule has 18 heavy (non-hydrogen) atoms. The largest absolute Gasteiger partial charge is 0.330 e. The predicted octanol–water partition coefficient (Wildman–Crippen LogP) is 3.09. The van der Waals surface area contributed by atoms with Gasteiger partial charge in [0.1, 0.15) is 0 Å². The first-order valence-electron chi connectivity index (χ1n) is 7.32. The smallest absolute Gasteiger partial charge is 0.0245 e. The SMILES string of the molecule is NCC1CCCC1CN(Cc1ccsc1)C1CC1. The summed E-state index contributed by atoms with van der Waals surface area (Å²) in [6.07, 6.45) is 6.96. The Labute approximate surface area is 114 Å². The van der Waals surface area contributed by atoms with Crippen LogP contribution in [0.3, 0.4) is 0 Å². The van der Waals surface area contributed by atoms with Crippen molar-refractivity contribution in [1.29, 1.82) is 0 Å². The summed E-state index contributed by atoms with van der Waals surface area (Å²) in [7, 11) is 0. The second-order valence-electron chi connectivity index (χ2n) is 5.98. The first kappa shape index (κ1) is 12.6. The zero-order valence-electron chi connectivity index (χ0n) is 11.1. The van der Waals surface area contributed by atoms with Crippen LogP contribution in [0, 0.1) is 11.8 Å². The van der Waals surface area contributed by atoms with E-state index in [2.05, 4.69) is 21.7 Å². The van der Waals surface area contributed by atoms with E-state index in [4.69, 9.17) is 5.73 Å². The van der Waals surface area contributed by atoms with E-state index in [9.17, 15) is 0 Å². The maximum Gasteiger partial charge on any atom is 0.0245 e. The highest BCUT2D eigenvalue weighted by molar-refractivity contribution is 7.07. The molecular weight excluding hydrogens is 240 g/mol.